The fourth-order valence-corrected chi connectivity index (χ4v) is 5.21. The molecule has 0 aliphatic carbocycles. The Kier molecular flexibility index (Phi) is 5.09. The molecule has 0 atom stereocenters. The minimum atomic E-state index is 0.0890. The van der Waals surface area contributed by atoms with E-state index in [9.17, 15) is 4.79 Å². The van der Waals surface area contributed by atoms with Crippen molar-refractivity contribution in [2.45, 2.75) is 70.5 Å². The van der Waals surface area contributed by atoms with Gasteiger partial charge >= 0.3 is 0 Å². The SMILES string of the molecule is CN1C(=O)CCc2cc(-c3ccc(N(C)C4CC(C)(C)NC(C)(C)C4)nn3)ccc21. The molecule has 1 N–H and O–H groups in total. The van der Waals surface area contributed by atoms with Crippen molar-refractivity contribution in [1.29, 1.82) is 0 Å². The number of nitrogens with one attached hydrogen (secondary N) is 1. The van der Waals surface area contributed by atoms with Crippen LogP contribution in [-0.4, -0.2) is 47.3 Å². The van der Waals surface area contributed by atoms with Crippen LogP contribution in [0.25, 0.3) is 11.3 Å². The molecule has 3 heterocycles. The zero-order chi connectivity index (χ0) is 21.7. The number of amides is 1. The molecule has 0 saturated carbocycles. The van der Waals surface area contributed by atoms with Crippen LogP contribution in [0.2, 0.25) is 0 Å². The molecule has 2 aliphatic rings. The maximum absolute atomic E-state index is 11.9. The van der Waals surface area contributed by atoms with Crippen molar-refractivity contribution in [2.75, 3.05) is 23.9 Å². The predicted molar refractivity (Wildman–Crippen MR) is 122 cm³/mol. The molecule has 1 fully saturated rings. The lowest BCUT2D eigenvalue weighted by Gasteiger charge is -2.49. The van der Waals surface area contributed by atoms with Crippen molar-refractivity contribution in [3.8, 4) is 11.3 Å². The van der Waals surface area contributed by atoms with Crippen molar-refractivity contribution in [1.82, 2.24) is 15.5 Å². The second kappa shape index (κ2) is 7.34. The molecule has 1 amide bonds. The largest absolute Gasteiger partial charge is 0.355 e. The van der Waals surface area contributed by atoms with Crippen molar-refractivity contribution in [3.05, 3.63) is 35.9 Å². The lowest BCUT2D eigenvalue weighted by atomic mass is 9.79. The third-order valence-corrected chi connectivity index (χ3v) is 6.45. The number of piperidine rings is 1. The number of aromatic nitrogens is 2. The molecule has 30 heavy (non-hydrogen) atoms. The number of carbonyl (C=O) groups excluding carboxylic acids is 1. The quantitative estimate of drug-likeness (QED) is 0.839. The molecule has 160 valence electrons. The normalized spacial score (nSPS) is 20.7. The smallest absolute Gasteiger partial charge is 0.227 e. The number of anilines is 2. The summed E-state index contributed by atoms with van der Waals surface area (Å²) in [6.07, 6.45) is 3.47. The van der Waals surface area contributed by atoms with Crippen LogP contribution in [0.1, 0.15) is 52.5 Å². The number of fused-ring (bicyclic) bond motifs is 1. The van der Waals surface area contributed by atoms with Crippen LogP contribution in [0.4, 0.5) is 11.5 Å². The molecule has 2 aliphatic heterocycles. The Hall–Kier alpha value is -2.47. The van der Waals surface area contributed by atoms with Crippen molar-refractivity contribution >= 4 is 17.4 Å². The molecule has 1 saturated heterocycles. The van der Waals surface area contributed by atoms with Gasteiger partial charge in [-0.05, 0) is 76.8 Å². The Morgan fingerprint density at radius 1 is 1.03 bits per heavy atom. The Labute approximate surface area is 179 Å². The number of aryl methyl sites for hydroxylation is 1. The molecule has 0 spiro atoms. The third-order valence-electron chi connectivity index (χ3n) is 6.45. The standard InChI is InChI=1S/C24H33N5O/c1-23(2)14-18(15-24(3,4)27-23)28(5)21-11-9-19(25-26-21)16-7-10-20-17(13-16)8-12-22(30)29(20)6/h7,9-11,13,18,27H,8,12,14-15H2,1-6H3. The van der Waals surface area contributed by atoms with Gasteiger partial charge in [-0.25, -0.2) is 0 Å². The summed E-state index contributed by atoms with van der Waals surface area (Å²) in [6.45, 7) is 9.07. The highest BCUT2D eigenvalue weighted by atomic mass is 16.2. The Morgan fingerprint density at radius 2 is 1.73 bits per heavy atom. The van der Waals surface area contributed by atoms with Crippen LogP contribution in [0.15, 0.2) is 30.3 Å². The van der Waals surface area contributed by atoms with E-state index in [1.54, 1.807) is 4.90 Å². The zero-order valence-corrected chi connectivity index (χ0v) is 19.0. The van der Waals surface area contributed by atoms with Gasteiger partial charge in [0.15, 0.2) is 5.82 Å². The van der Waals surface area contributed by atoms with Crippen molar-refractivity contribution in [3.63, 3.8) is 0 Å². The van der Waals surface area contributed by atoms with Crippen molar-refractivity contribution < 1.29 is 4.79 Å². The van der Waals surface area contributed by atoms with Crippen LogP contribution < -0.4 is 15.1 Å². The second-order valence-corrected chi connectivity index (χ2v) is 10.1. The minimum absolute atomic E-state index is 0.0890. The molecule has 6 heteroatoms. The van der Waals surface area contributed by atoms with E-state index in [1.807, 2.05) is 19.2 Å². The molecule has 0 bridgehead atoms. The summed E-state index contributed by atoms with van der Waals surface area (Å²) in [4.78, 5) is 15.9. The maximum Gasteiger partial charge on any atom is 0.227 e. The van der Waals surface area contributed by atoms with Crippen molar-refractivity contribution in [2.24, 2.45) is 0 Å². The molecule has 2 aromatic rings. The number of rotatable bonds is 3. The highest BCUT2D eigenvalue weighted by Gasteiger charge is 2.39. The number of benzene rings is 1. The van der Waals surface area contributed by atoms with Crippen LogP contribution in [0.3, 0.4) is 0 Å². The van der Waals surface area contributed by atoms with E-state index in [2.05, 4.69) is 73.4 Å². The predicted octanol–water partition coefficient (Wildman–Crippen LogP) is 3.80. The Balaban J connectivity index is 1.54. The first-order valence-corrected chi connectivity index (χ1v) is 10.8. The average molecular weight is 408 g/mol. The summed E-state index contributed by atoms with van der Waals surface area (Å²) in [5.74, 6) is 1.08. The Bertz CT molecular complexity index is 935. The van der Waals surface area contributed by atoms with E-state index < -0.39 is 0 Å². The van der Waals surface area contributed by atoms with Gasteiger partial charge in [0.25, 0.3) is 0 Å². The molecular weight excluding hydrogens is 374 g/mol. The average Bonchev–Trinajstić information content (AvgIpc) is 2.68. The van der Waals surface area contributed by atoms with Gasteiger partial charge in [0.1, 0.15) is 0 Å². The molecule has 0 unspecified atom stereocenters. The van der Waals surface area contributed by atoms with E-state index in [0.29, 0.717) is 12.5 Å². The lowest BCUT2D eigenvalue weighted by molar-refractivity contribution is -0.118. The van der Waals surface area contributed by atoms with E-state index in [4.69, 9.17) is 0 Å². The lowest BCUT2D eigenvalue weighted by Crippen LogP contribution is -2.62. The topological polar surface area (TPSA) is 61.4 Å². The van der Waals surface area contributed by atoms with Crippen LogP contribution in [-0.2, 0) is 11.2 Å². The number of hydrogen-bond donors (Lipinski definition) is 1. The number of carbonyl (C=O) groups is 1. The molecule has 4 rings (SSSR count). The fraction of sp³-hybridized carbons (Fsp3) is 0.542. The fourth-order valence-electron chi connectivity index (χ4n) is 5.21. The van der Waals surface area contributed by atoms with E-state index in [1.165, 1.54) is 5.56 Å². The summed E-state index contributed by atoms with van der Waals surface area (Å²) >= 11 is 0. The summed E-state index contributed by atoms with van der Waals surface area (Å²) < 4.78 is 0. The number of nitrogens with zero attached hydrogens (tertiary/aromatic N) is 4. The van der Waals surface area contributed by atoms with Gasteiger partial charge in [0.05, 0.1) is 5.69 Å². The van der Waals surface area contributed by atoms with Gasteiger partial charge in [-0.3, -0.25) is 4.79 Å². The van der Waals surface area contributed by atoms with Gasteiger partial charge in [0, 0.05) is 48.9 Å². The summed E-state index contributed by atoms with van der Waals surface area (Å²) in [5, 5.41) is 12.8. The maximum atomic E-state index is 11.9. The first-order valence-electron chi connectivity index (χ1n) is 10.8. The van der Waals surface area contributed by atoms with Crippen LogP contribution in [0, 0.1) is 0 Å². The molecule has 1 aromatic heterocycles. The van der Waals surface area contributed by atoms with E-state index in [-0.39, 0.29) is 17.0 Å². The zero-order valence-electron chi connectivity index (χ0n) is 19.0. The molecule has 6 nitrogen and oxygen atoms in total. The van der Waals surface area contributed by atoms with Gasteiger partial charge in [-0.15, -0.1) is 10.2 Å². The number of hydrogen-bond acceptors (Lipinski definition) is 5. The first-order chi connectivity index (χ1) is 14.0. The molecule has 1 aromatic carbocycles. The van der Waals surface area contributed by atoms with Crippen LogP contribution in [0.5, 0.6) is 0 Å². The van der Waals surface area contributed by atoms with Gasteiger partial charge in [-0.2, -0.15) is 0 Å². The minimum Gasteiger partial charge on any atom is -0.355 e. The van der Waals surface area contributed by atoms with Gasteiger partial charge in [-0.1, -0.05) is 6.07 Å². The summed E-state index contributed by atoms with van der Waals surface area (Å²) in [6, 6.07) is 10.7. The molecule has 0 radical (unpaired) electrons. The van der Waals surface area contributed by atoms with Gasteiger partial charge < -0.3 is 15.1 Å². The van der Waals surface area contributed by atoms with Crippen LogP contribution >= 0.6 is 0 Å². The first kappa shape index (κ1) is 20.8. The van der Waals surface area contributed by atoms with E-state index >= 15 is 0 Å². The second-order valence-electron chi connectivity index (χ2n) is 10.1. The van der Waals surface area contributed by atoms with E-state index in [0.717, 1.165) is 42.0 Å². The summed E-state index contributed by atoms with van der Waals surface area (Å²) in [7, 11) is 3.96. The summed E-state index contributed by atoms with van der Waals surface area (Å²) in [5.41, 5.74) is 4.27. The Morgan fingerprint density at radius 3 is 2.37 bits per heavy atom. The highest BCUT2D eigenvalue weighted by molar-refractivity contribution is 5.96. The third kappa shape index (κ3) is 4.06. The monoisotopic (exact) mass is 407 g/mol. The van der Waals surface area contributed by atoms with Gasteiger partial charge in [0.2, 0.25) is 5.91 Å². The molecular formula is C24H33N5O. The highest BCUT2D eigenvalue weighted by Crippen LogP contribution is 2.34.